The van der Waals surface area contributed by atoms with Crippen LogP contribution in [-0.4, -0.2) is 22.3 Å². The van der Waals surface area contributed by atoms with Gasteiger partial charge in [-0.1, -0.05) is 36.4 Å². The Morgan fingerprint density at radius 1 is 1.08 bits per heavy atom. The second-order valence-corrected chi connectivity index (χ2v) is 5.58. The van der Waals surface area contributed by atoms with E-state index in [1.807, 2.05) is 41.2 Å². The number of aromatic nitrogens is 2. The smallest absolute Gasteiger partial charge is 0.387 e. The molecule has 0 aliphatic rings. The zero-order valence-corrected chi connectivity index (χ0v) is 13.8. The summed E-state index contributed by atoms with van der Waals surface area (Å²) < 4.78 is 31.1. The fraction of sp³-hybridized carbons (Fsp3) is 0.158. The SMILES string of the molecule is O=C(NCc1ccc(Cn2cccn2)cc1)c1ccccc1OC(F)F. The molecule has 5 nitrogen and oxygen atoms in total. The molecule has 1 amide bonds. The third kappa shape index (κ3) is 4.66. The highest BCUT2D eigenvalue weighted by Crippen LogP contribution is 2.20. The van der Waals surface area contributed by atoms with Crippen LogP contribution in [0.2, 0.25) is 0 Å². The maximum absolute atomic E-state index is 12.4. The summed E-state index contributed by atoms with van der Waals surface area (Å²) >= 11 is 0. The molecular formula is C19H17F2N3O2. The number of halogens is 2. The van der Waals surface area contributed by atoms with Gasteiger partial charge < -0.3 is 10.1 Å². The van der Waals surface area contributed by atoms with E-state index >= 15 is 0 Å². The Morgan fingerprint density at radius 3 is 2.50 bits per heavy atom. The Morgan fingerprint density at radius 2 is 1.81 bits per heavy atom. The van der Waals surface area contributed by atoms with Crippen molar-refractivity contribution in [1.29, 1.82) is 0 Å². The van der Waals surface area contributed by atoms with Crippen molar-refractivity contribution in [3.8, 4) is 5.75 Å². The number of amides is 1. The van der Waals surface area contributed by atoms with Crippen LogP contribution in [0.15, 0.2) is 67.0 Å². The molecule has 0 saturated heterocycles. The molecule has 0 radical (unpaired) electrons. The van der Waals surface area contributed by atoms with Crippen LogP contribution in [0.25, 0.3) is 0 Å². The highest BCUT2D eigenvalue weighted by molar-refractivity contribution is 5.96. The molecule has 7 heteroatoms. The quantitative estimate of drug-likeness (QED) is 0.705. The maximum atomic E-state index is 12.4. The van der Waals surface area contributed by atoms with Crippen LogP contribution in [-0.2, 0) is 13.1 Å². The molecule has 3 aromatic rings. The average Bonchev–Trinajstić information content (AvgIpc) is 3.14. The van der Waals surface area contributed by atoms with Gasteiger partial charge in [0.1, 0.15) is 5.75 Å². The van der Waals surface area contributed by atoms with Crippen molar-refractivity contribution in [3.05, 3.63) is 83.7 Å². The van der Waals surface area contributed by atoms with Crippen molar-refractivity contribution >= 4 is 5.91 Å². The molecule has 1 N–H and O–H groups in total. The van der Waals surface area contributed by atoms with E-state index in [1.165, 1.54) is 18.2 Å². The van der Waals surface area contributed by atoms with Gasteiger partial charge in [-0.25, -0.2) is 0 Å². The van der Waals surface area contributed by atoms with E-state index in [9.17, 15) is 13.6 Å². The minimum atomic E-state index is -2.98. The molecule has 0 bridgehead atoms. The van der Waals surface area contributed by atoms with Crippen molar-refractivity contribution in [3.63, 3.8) is 0 Å². The molecule has 0 fully saturated rings. The summed E-state index contributed by atoms with van der Waals surface area (Å²) in [5.74, 6) is -0.614. The largest absolute Gasteiger partial charge is 0.434 e. The maximum Gasteiger partial charge on any atom is 0.387 e. The predicted molar refractivity (Wildman–Crippen MR) is 92.0 cm³/mol. The van der Waals surface area contributed by atoms with Gasteiger partial charge in [0.2, 0.25) is 0 Å². The molecule has 0 saturated carbocycles. The number of carbonyl (C=O) groups is 1. The van der Waals surface area contributed by atoms with E-state index in [0.717, 1.165) is 11.1 Å². The Labute approximate surface area is 149 Å². The third-order valence-corrected chi connectivity index (χ3v) is 3.73. The number of nitrogens with zero attached hydrogens (tertiary/aromatic N) is 2. The minimum Gasteiger partial charge on any atom is -0.434 e. The number of rotatable bonds is 7. The number of hydrogen-bond donors (Lipinski definition) is 1. The molecule has 0 aliphatic carbocycles. The highest BCUT2D eigenvalue weighted by Gasteiger charge is 2.14. The molecule has 2 aromatic carbocycles. The third-order valence-electron chi connectivity index (χ3n) is 3.73. The van der Waals surface area contributed by atoms with E-state index < -0.39 is 12.5 Å². The number of benzene rings is 2. The lowest BCUT2D eigenvalue weighted by atomic mass is 10.1. The Bertz CT molecular complexity index is 849. The van der Waals surface area contributed by atoms with Crippen LogP contribution in [0.3, 0.4) is 0 Å². The number of para-hydroxylation sites is 1. The first-order valence-corrected chi connectivity index (χ1v) is 7.99. The topological polar surface area (TPSA) is 56.2 Å². The van der Waals surface area contributed by atoms with Gasteiger partial charge in [0.25, 0.3) is 5.91 Å². The van der Waals surface area contributed by atoms with Crippen molar-refractivity contribution in [2.45, 2.75) is 19.7 Å². The van der Waals surface area contributed by atoms with Crippen molar-refractivity contribution < 1.29 is 18.3 Å². The number of alkyl halides is 2. The van der Waals surface area contributed by atoms with Gasteiger partial charge in [-0.15, -0.1) is 0 Å². The molecule has 0 aliphatic heterocycles. The van der Waals surface area contributed by atoms with E-state index in [1.54, 1.807) is 12.3 Å². The molecule has 0 unspecified atom stereocenters. The molecule has 26 heavy (non-hydrogen) atoms. The second-order valence-electron chi connectivity index (χ2n) is 5.58. The molecule has 1 aromatic heterocycles. The van der Waals surface area contributed by atoms with Crippen LogP contribution >= 0.6 is 0 Å². The molecule has 0 atom stereocenters. The van der Waals surface area contributed by atoms with Crippen molar-refractivity contribution in [2.75, 3.05) is 0 Å². The van der Waals surface area contributed by atoms with Gasteiger partial charge in [-0.05, 0) is 29.3 Å². The fourth-order valence-electron chi connectivity index (χ4n) is 2.47. The lowest BCUT2D eigenvalue weighted by Gasteiger charge is -2.11. The van der Waals surface area contributed by atoms with Gasteiger partial charge >= 0.3 is 6.61 Å². The van der Waals surface area contributed by atoms with Crippen molar-refractivity contribution in [2.24, 2.45) is 0 Å². The van der Waals surface area contributed by atoms with Gasteiger partial charge in [-0.2, -0.15) is 13.9 Å². The van der Waals surface area contributed by atoms with E-state index in [4.69, 9.17) is 0 Å². The Balaban J connectivity index is 1.59. The van der Waals surface area contributed by atoms with Crippen LogP contribution in [0.5, 0.6) is 5.75 Å². The van der Waals surface area contributed by atoms with Crippen LogP contribution in [0.1, 0.15) is 21.5 Å². The first-order chi connectivity index (χ1) is 12.6. The zero-order chi connectivity index (χ0) is 18.4. The summed E-state index contributed by atoms with van der Waals surface area (Å²) in [4.78, 5) is 12.3. The van der Waals surface area contributed by atoms with Crippen LogP contribution < -0.4 is 10.1 Å². The molecule has 1 heterocycles. The van der Waals surface area contributed by atoms with Crippen molar-refractivity contribution in [1.82, 2.24) is 15.1 Å². The van der Waals surface area contributed by atoms with E-state index in [0.29, 0.717) is 6.54 Å². The standard InChI is InChI=1S/C19H17F2N3O2/c20-19(21)26-17-5-2-1-4-16(17)18(25)22-12-14-6-8-15(9-7-14)13-24-11-3-10-23-24/h1-11,19H,12-13H2,(H,22,25). The minimum absolute atomic E-state index is 0.0723. The number of carbonyl (C=O) groups excluding carboxylic acids is 1. The number of hydrogen-bond acceptors (Lipinski definition) is 3. The van der Waals surface area contributed by atoms with E-state index in [-0.39, 0.29) is 17.9 Å². The summed E-state index contributed by atoms with van der Waals surface area (Å²) in [5.41, 5.74) is 2.05. The van der Waals surface area contributed by atoms with E-state index in [2.05, 4.69) is 15.2 Å². The lowest BCUT2D eigenvalue weighted by Crippen LogP contribution is -2.23. The number of ether oxygens (including phenoxy) is 1. The summed E-state index contributed by atoms with van der Waals surface area (Å²) in [6.45, 7) is -2.03. The summed E-state index contributed by atoms with van der Waals surface area (Å²) in [6, 6.07) is 15.5. The first-order valence-electron chi connectivity index (χ1n) is 7.99. The fourth-order valence-corrected chi connectivity index (χ4v) is 2.47. The van der Waals surface area contributed by atoms with Crippen LogP contribution in [0.4, 0.5) is 8.78 Å². The average molecular weight is 357 g/mol. The van der Waals surface area contributed by atoms with Gasteiger partial charge in [-0.3, -0.25) is 9.48 Å². The Kier molecular flexibility index (Phi) is 5.58. The van der Waals surface area contributed by atoms with Gasteiger partial charge in [0.15, 0.2) is 0 Å². The first kappa shape index (κ1) is 17.6. The van der Waals surface area contributed by atoms with Crippen LogP contribution in [0, 0.1) is 0 Å². The molecule has 3 rings (SSSR count). The zero-order valence-electron chi connectivity index (χ0n) is 13.8. The monoisotopic (exact) mass is 357 g/mol. The second kappa shape index (κ2) is 8.24. The number of nitrogens with one attached hydrogen (secondary N) is 1. The molecule has 0 spiro atoms. The Hall–Kier alpha value is -3.22. The lowest BCUT2D eigenvalue weighted by molar-refractivity contribution is -0.0501. The summed E-state index contributed by atoms with van der Waals surface area (Å²) in [6.07, 6.45) is 3.60. The summed E-state index contributed by atoms with van der Waals surface area (Å²) in [5, 5.41) is 6.86. The predicted octanol–water partition coefficient (Wildman–Crippen LogP) is 3.46. The van der Waals surface area contributed by atoms with Gasteiger partial charge in [0, 0.05) is 18.9 Å². The highest BCUT2D eigenvalue weighted by atomic mass is 19.3. The summed E-state index contributed by atoms with van der Waals surface area (Å²) in [7, 11) is 0. The van der Waals surface area contributed by atoms with Gasteiger partial charge in [0.05, 0.1) is 12.1 Å². The molecular weight excluding hydrogens is 340 g/mol. The molecule has 134 valence electrons. The normalized spacial score (nSPS) is 10.7.